The Hall–Kier alpha value is -1.09. The zero-order chi connectivity index (χ0) is 14.1. The molecule has 0 aromatic heterocycles. The van der Waals surface area contributed by atoms with Crippen LogP contribution in [0.3, 0.4) is 0 Å². The van der Waals surface area contributed by atoms with E-state index in [1.807, 2.05) is 43.3 Å². The van der Waals surface area contributed by atoms with Crippen LogP contribution in [0.1, 0.15) is 32.8 Å². The highest BCUT2D eigenvalue weighted by Gasteiger charge is 2.27. The molecule has 0 bridgehead atoms. The third kappa shape index (κ3) is 5.60. The zero-order valence-electron chi connectivity index (χ0n) is 11.7. The Kier molecular flexibility index (Phi) is 6.85. The molecular weight excluding hydrogens is 263 g/mol. The molecule has 0 aliphatic rings. The standard InChI is InChI=1S/C14H21O4P/c1-4-14(12-13-10-8-7-9-11-13)18-19(15,16-5-2)17-6-3/h7-12H,4-6H2,1-3H3/b14-12+. The summed E-state index contributed by atoms with van der Waals surface area (Å²) in [4.78, 5) is 0. The molecule has 0 fully saturated rings. The summed E-state index contributed by atoms with van der Waals surface area (Å²) in [6.45, 7) is 5.99. The van der Waals surface area contributed by atoms with E-state index in [-0.39, 0.29) is 13.2 Å². The lowest BCUT2D eigenvalue weighted by atomic mass is 10.2. The predicted molar refractivity (Wildman–Crippen MR) is 76.7 cm³/mol. The van der Waals surface area contributed by atoms with E-state index in [1.54, 1.807) is 13.8 Å². The summed E-state index contributed by atoms with van der Waals surface area (Å²) in [5.74, 6) is 0.580. The van der Waals surface area contributed by atoms with E-state index in [0.717, 1.165) is 5.56 Å². The molecule has 19 heavy (non-hydrogen) atoms. The fourth-order valence-corrected chi connectivity index (χ4v) is 2.76. The Balaban J connectivity index is 2.85. The lowest BCUT2D eigenvalue weighted by Gasteiger charge is -2.18. The SMILES string of the molecule is CCOP(=O)(OCC)O/C(=C/c1ccccc1)CC. The van der Waals surface area contributed by atoms with Gasteiger partial charge in [0.25, 0.3) is 0 Å². The van der Waals surface area contributed by atoms with Crippen LogP contribution in [-0.4, -0.2) is 13.2 Å². The van der Waals surface area contributed by atoms with Crippen molar-refractivity contribution in [1.29, 1.82) is 0 Å². The molecule has 0 atom stereocenters. The number of hydrogen-bond acceptors (Lipinski definition) is 4. The summed E-state index contributed by atoms with van der Waals surface area (Å²) in [5, 5.41) is 0. The first kappa shape index (κ1) is 16.0. The van der Waals surface area contributed by atoms with Gasteiger partial charge in [0, 0.05) is 6.42 Å². The van der Waals surface area contributed by atoms with Crippen LogP contribution < -0.4 is 0 Å². The van der Waals surface area contributed by atoms with Gasteiger partial charge < -0.3 is 4.52 Å². The molecule has 0 unspecified atom stereocenters. The highest BCUT2D eigenvalue weighted by molar-refractivity contribution is 7.48. The molecule has 0 spiro atoms. The van der Waals surface area contributed by atoms with Gasteiger partial charge in [0.05, 0.1) is 13.2 Å². The Morgan fingerprint density at radius 3 is 2.16 bits per heavy atom. The average Bonchev–Trinajstić information content (AvgIpc) is 2.39. The predicted octanol–water partition coefficient (Wildman–Crippen LogP) is 4.64. The summed E-state index contributed by atoms with van der Waals surface area (Å²) >= 11 is 0. The molecule has 4 nitrogen and oxygen atoms in total. The molecule has 0 saturated carbocycles. The molecule has 106 valence electrons. The third-order valence-electron chi connectivity index (χ3n) is 2.28. The second-order valence-electron chi connectivity index (χ2n) is 3.75. The molecular formula is C14H21O4P. The summed E-state index contributed by atoms with van der Waals surface area (Å²) in [6, 6.07) is 9.71. The van der Waals surface area contributed by atoms with Gasteiger partial charge in [-0.3, -0.25) is 9.05 Å². The zero-order valence-corrected chi connectivity index (χ0v) is 12.6. The molecule has 0 amide bonds. The first-order valence-electron chi connectivity index (χ1n) is 6.47. The number of phosphoric ester groups is 1. The first-order chi connectivity index (χ1) is 9.13. The Morgan fingerprint density at radius 2 is 1.68 bits per heavy atom. The molecule has 1 aromatic carbocycles. The maximum atomic E-state index is 12.3. The highest BCUT2D eigenvalue weighted by Crippen LogP contribution is 2.51. The van der Waals surface area contributed by atoms with Gasteiger partial charge in [0.15, 0.2) is 0 Å². The van der Waals surface area contributed by atoms with Crippen LogP contribution >= 0.6 is 7.82 Å². The number of benzene rings is 1. The second-order valence-corrected chi connectivity index (χ2v) is 5.34. The lowest BCUT2D eigenvalue weighted by Crippen LogP contribution is -2.00. The van der Waals surface area contributed by atoms with Crippen molar-refractivity contribution < 1.29 is 18.1 Å². The van der Waals surface area contributed by atoms with Crippen molar-refractivity contribution in [1.82, 2.24) is 0 Å². The van der Waals surface area contributed by atoms with Crippen LogP contribution in [-0.2, 0) is 18.1 Å². The van der Waals surface area contributed by atoms with Gasteiger partial charge in [0.1, 0.15) is 5.76 Å². The van der Waals surface area contributed by atoms with E-state index in [9.17, 15) is 4.57 Å². The molecule has 0 aliphatic carbocycles. The van der Waals surface area contributed by atoms with Crippen LogP contribution in [0.25, 0.3) is 6.08 Å². The Labute approximate surface area is 115 Å². The molecule has 1 aromatic rings. The minimum Gasteiger partial charge on any atom is -0.409 e. The van der Waals surface area contributed by atoms with Crippen molar-refractivity contribution >= 4 is 13.9 Å². The molecule has 0 radical (unpaired) electrons. The number of hydrogen-bond donors (Lipinski definition) is 0. The summed E-state index contributed by atoms with van der Waals surface area (Å²) in [5.41, 5.74) is 0.985. The highest BCUT2D eigenvalue weighted by atomic mass is 31.2. The quantitative estimate of drug-likeness (QED) is 0.515. The average molecular weight is 284 g/mol. The van der Waals surface area contributed by atoms with Gasteiger partial charge >= 0.3 is 7.82 Å². The fourth-order valence-electron chi connectivity index (χ4n) is 1.48. The third-order valence-corrected chi connectivity index (χ3v) is 3.89. The van der Waals surface area contributed by atoms with Crippen LogP contribution in [0.4, 0.5) is 0 Å². The molecule has 0 aliphatic heterocycles. The fraction of sp³-hybridized carbons (Fsp3) is 0.429. The van der Waals surface area contributed by atoms with Crippen molar-refractivity contribution in [3.63, 3.8) is 0 Å². The van der Waals surface area contributed by atoms with Gasteiger partial charge in [-0.2, -0.15) is 0 Å². The molecule has 0 N–H and O–H groups in total. The maximum Gasteiger partial charge on any atom is 0.529 e. The smallest absolute Gasteiger partial charge is 0.409 e. The summed E-state index contributed by atoms with van der Waals surface area (Å²) in [7, 11) is -3.50. The van der Waals surface area contributed by atoms with Crippen molar-refractivity contribution in [3.05, 3.63) is 41.7 Å². The van der Waals surface area contributed by atoms with Crippen LogP contribution in [0.15, 0.2) is 36.1 Å². The topological polar surface area (TPSA) is 44.8 Å². The first-order valence-corrected chi connectivity index (χ1v) is 7.94. The Morgan fingerprint density at radius 1 is 1.11 bits per heavy atom. The van der Waals surface area contributed by atoms with Gasteiger partial charge in [-0.1, -0.05) is 37.3 Å². The number of allylic oxidation sites excluding steroid dienone is 1. The second kappa shape index (κ2) is 8.16. The van der Waals surface area contributed by atoms with E-state index in [2.05, 4.69) is 0 Å². The van der Waals surface area contributed by atoms with Crippen molar-refractivity contribution in [2.75, 3.05) is 13.2 Å². The number of rotatable bonds is 8. The van der Waals surface area contributed by atoms with Gasteiger partial charge in [0.2, 0.25) is 0 Å². The van der Waals surface area contributed by atoms with E-state index >= 15 is 0 Å². The normalized spacial score (nSPS) is 12.5. The van der Waals surface area contributed by atoms with Crippen LogP contribution in [0, 0.1) is 0 Å². The summed E-state index contributed by atoms with van der Waals surface area (Å²) in [6.07, 6.45) is 2.45. The number of phosphoric acid groups is 1. The van der Waals surface area contributed by atoms with E-state index in [4.69, 9.17) is 13.6 Å². The van der Waals surface area contributed by atoms with Gasteiger partial charge in [-0.05, 0) is 25.5 Å². The molecule has 5 heteroatoms. The largest absolute Gasteiger partial charge is 0.529 e. The Bertz CT molecular complexity index is 432. The minimum atomic E-state index is -3.50. The van der Waals surface area contributed by atoms with Crippen molar-refractivity contribution in [3.8, 4) is 0 Å². The minimum absolute atomic E-state index is 0.277. The van der Waals surface area contributed by atoms with Gasteiger partial charge in [-0.15, -0.1) is 0 Å². The lowest BCUT2D eigenvalue weighted by molar-refractivity contribution is 0.144. The molecule has 0 heterocycles. The van der Waals surface area contributed by atoms with Crippen LogP contribution in [0.2, 0.25) is 0 Å². The van der Waals surface area contributed by atoms with Crippen LogP contribution in [0.5, 0.6) is 0 Å². The van der Waals surface area contributed by atoms with E-state index in [1.165, 1.54) is 0 Å². The maximum absolute atomic E-state index is 12.3. The van der Waals surface area contributed by atoms with E-state index in [0.29, 0.717) is 12.2 Å². The van der Waals surface area contributed by atoms with Crippen molar-refractivity contribution in [2.24, 2.45) is 0 Å². The van der Waals surface area contributed by atoms with Crippen molar-refractivity contribution in [2.45, 2.75) is 27.2 Å². The molecule has 1 rings (SSSR count). The van der Waals surface area contributed by atoms with E-state index < -0.39 is 7.82 Å². The monoisotopic (exact) mass is 284 g/mol. The molecule has 0 saturated heterocycles. The van der Waals surface area contributed by atoms with Gasteiger partial charge in [-0.25, -0.2) is 4.57 Å². The summed E-state index contributed by atoms with van der Waals surface area (Å²) < 4.78 is 27.9.